The maximum atomic E-state index is 14.4. The Morgan fingerprint density at radius 1 is 0.229 bits per heavy atom. The summed E-state index contributed by atoms with van der Waals surface area (Å²) in [6.07, 6.45) is 9.02. The first-order chi connectivity index (χ1) is 52.5. The Kier molecular flexibility index (Phi) is 66.2. The van der Waals surface area contributed by atoms with Gasteiger partial charge in [-0.3, -0.25) is 71.9 Å². The van der Waals surface area contributed by atoms with Crippen molar-refractivity contribution in [1.82, 2.24) is 79.3 Å². The van der Waals surface area contributed by atoms with Crippen molar-refractivity contribution < 1.29 is 71.9 Å². The molecule has 39 heteroatoms. The third kappa shape index (κ3) is 55.8. The SMILES string of the molecule is NCCCCCC(=O)N(CCNC(=O)[C@H](CCCCNC(=O)[C@H](CCCCNC(=O)CCS)NC(=O)CCS)NC(=O)C(CCCCNC(=O)CCS)NC(=O)CCS)CCNC(=O)[C@H](CCCCNC(=O)[C@H](CCCCNC(=O)CCS)NC(=O)CCS)NC(=O)[C@H](CCCCNC(=O)CCS)NC(=O)CCS. The normalized spacial score (nSPS) is 12.6. The maximum absolute atomic E-state index is 14.4. The second-order valence-corrected chi connectivity index (χ2v) is 29.5. The van der Waals surface area contributed by atoms with Gasteiger partial charge in [0.25, 0.3) is 0 Å². The van der Waals surface area contributed by atoms with E-state index >= 15 is 0 Å². The van der Waals surface area contributed by atoms with Gasteiger partial charge in [-0.1, -0.05) is 6.42 Å². The van der Waals surface area contributed by atoms with Crippen molar-refractivity contribution in [2.24, 2.45) is 5.73 Å². The van der Waals surface area contributed by atoms with Crippen LogP contribution in [0.15, 0.2) is 0 Å². The third-order valence-corrected chi connectivity index (χ3v) is 18.6. The quantitative estimate of drug-likeness (QED) is 0.0295. The van der Waals surface area contributed by atoms with Crippen molar-refractivity contribution in [2.45, 2.75) is 229 Å². The summed E-state index contributed by atoms with van der Waals surface area (Å²) >= 11 is 33.0. The Bertz CT molecular complexity index is 2530. The minimum Gasteiger partial charge on any atom is -0.356 e. The number of nitrogens with two attached hydrogens (primary N) is 1. The second kappa shape index (κ2) is 69.5. The van der Waals surface area contributed by atoms with E-state index in [0.29, 0.717) is 139 Å². The minimum atomic E-state index is -1.21. The fourth-order valence-electron chi connectivity index (χ4n) is 10.8. The van der Waals surface area contributed by atoms with E-state index in [1.807, 2.05) is 0 Å². The van der Waals surface area contributed by atoms with E-state index < -0.39 is 83.5 Å². The summed E-state index contributed by atoms with van der Waals surface area (Å²) in [7, 11) is 0. The molecule has 16 N–H and O–H groups in total. The van der Waals surface area contributed by atoms with E-state index in [2.05, 4.69) is 175 Å². The molecule has 0 heterocycles. The van der Waals surface area contributed by atoms with Crippen LogP contribution in [0.25, 0.3) is 0 Å². The number of hydrogen-bond acceptors (Lipinski definition) is 24. The summed E-state index contributed by atoms with van der Waals surface area (Å²) in [6, 6.07) is -6.36. The fourth-order valence-corrected chi connectivity index (χ4v) is 12.4. The Balaban J connectivity index is 7.00. The molecule has 0 spiro atoms. The minimum absolute atomic E-state index is 0.00295. The Morgan fingerprint density at radius 2 is 0.450 bits per heavy atom. The summed E-state index contributed by atoms with van der Waals surface area (Å²) in [5.41, 5.74) is 5.77. The number of carbonyl (C=O) groups excluding carboxylic acids is 15. The highest BCUT2D eigenvalue weighted by Crippen LogP contribution is 2.12. The van der Waals surface area contributed by atoms with E-state index in [1.54, 1.807) is 0 Å². The predicted octanol–water partition coefficient (Wildman–Crippen LogP) is 0.753. The van der Waals surface area contributed by atoms with Crippen molar-refractivity contribution in [2.75, 3.05) is 118 Å². The molecule has 0 saturated heterocycles. The van der Waals surface area contributed by atoms with Crippen molar-refractivity contribution in [1.29, 1.82) is 0 Å². The lowest BCUT2D eigenvalue weighted by atomic mass is 10.0. The summed E-state index contributed by atoms with van der Waals surface area (Å²) < 4.78 is 0. The molecule has 0 saturated carbocycles. The largest absolute Gasteiger partial charge is 0.356 e. The van der Waals surface area contributed by atoms with Gasteiger partial charge in [0.2, 0.25) is 88.6 Å². The predicted molar refractivity (Wildman–Crippen MR) is 451 cm³/mol. The molecule has 0 aromatic carbocycles. The van der Waals surface area contributed by atoms with Gasteiger partial charge in [-0.25, -0.2) is 0 Å². The van der Waals surface area contributed by atoms with Gasteiger partial charge in [0.1, 0.15) is 36.3 Å². The summed E-state index contributed by atoms with van der Waals surface area (Å²) in [4.78, 5) is 200. The van der Waals surface area contributed by atoms with E-state index in [0.717, 1.165) is 0 Å². The Labute approximate surface area is 688 Å². The number of amides is 15. The van der Waals surface area contributed by atoms with Gasteiger partial charge < -0.3 is 85.1 Å². The van der Waals surface area contributed by atoms with Crippen molar-refractivity contribution in [3.05, 3.63) is 0 Å². The zero-order valence-corrected chi connectivity index (χ0v) is 70.5. The number of unbranched alkanes of at least 4 members (excludes halogenated alkanes) is 8. The molecule has 0 rings (SSSR count). The topological polar surface area (TPSA) is 454 Å². The number of rotatable bonds is 69. The van der Waals surface area contributed by atoms with Crippen LogP contribution in [-0.4, -0.2) is 248 Å². The number of nitrogens with zero attached hydrogens (tertiary/aromatic N) is 1. The molecule has 15 amide bonds. The molecule has 0 aliphatic rings. The molecule has 6 atom stereocenters. The maximum Gasteiger partial charge on any atom is 0.243 e. The van der Waals surface area contributed by atoms with E-state index in [1.165, 1.54) is 4.90 Å². The smallest absolute Gasteiger partial charge is 0.243 e. The lowest BCUT2D eigenvalue weighted by Crippen LogP contribution is -2.55. The highest BCUT2D eigenvalue weighted by atomic mass is 32.1. The molecule has 626 valence electrons. The molecule has 0 aliphatic carbocycles. The van der Waals surface area contributed by atoms with Gasteiger partial charge in [-0.15, -0.1) is 0 Å². The van der Waals surface area contributed by atoms with Crippen LogP contribution in [0.1, 0.15) is 193 Å². The van der Waals surface area contributed by atoms with Crippen LogP contribution in [0.2, 0.25) is 0 Å². The lowest BCUT2D eigenvalue weighted by molar-refractivity contribution is -0.133. The van der Waals surface area contributed by atoms with Crippen LogP contribution in [-0.2, 0) is 71.9 Å². The second-order valence-electron chi connectivity index (χ2n) is 25.9. The summed E-state index contributed by atoms with van der Waals surface area (Å²) in [5.74, 6) is -3.63. The van der Waals surface area contributed by atoms with Crippen LogP contribution in [0, 0.1) is 0 Å². The van der Waals surface area contributed by atoms with Crippen LogP contribution in [0.3, 0.4) is 0 Å². The van der Waals surface area contributed by atoms with Crippen molar-refractivity contribution in [3.63, 3.8) is 0 Å². The highest BCUT2D eigenvalue weighted by molar-refractivity contribution is 7.81. The van der Waals surface area contributed by atoms with Gasteiger partial charge >= 0.3 is 0 Å². The van der Waals surface area contributed by atoms with Crippen LogP contribution in [0.5, 0.6) is 0 Å². The van der Waals surface area contributed by atoms with Gasteiger partial charge in [-0.05, 0) is 181 Å². The standard InChI is InChI=1S/C70H128N16O15S8/c71-31-9-1-2-22-64(95)86(40-38-78-67(98)52(84-69(100)54(82-62(93)29-48-108)20-5-12-34-74-58(89)25-44-104)18-7-14-36-76-65(96)50(80-60(91)27-46-106)16-3-10-32-72-56(87)23-42-102)41-39-79-68(99)53(85-70(101)55(83-63(94)30-49-109)21-6-13-35-75-59(90)26-45-105)19-8-15-37-77-66(97)51(81-61(92)28-47-107)17-4-11-33-73-57(88)24-43-103/h50-55,102-109H,1-49,71H2,(H,72,87)(H,73,88)(H,74,89)(H,75,90)(H,76,96)(H,77,97)(H,78,98)(H,79,99)(H,80,91)(H,81,92)(H,82,93)(H,83,94)(H,84,100)(H,85,101)/t50-,51-,52-,53-,54-,55?/m0/s1. The average Bonchev–Trinajstić information content (AvgIpc) is 0.890. The number of carbonyl (C=O) groups is 15. The van der Waals surface area contributed by atoms with Gasteiger partial charge in [0.05, 0.1) is 0 Å². The molecule has 0 aromatic rings. The van der Waals surface area contributed by atoms with Crippen molar-refractivity contribution in [3.8, 4) is 0 Å². The molecular formula is C70H128N16O15S8. The van der Waals surface area contributed by atoms with Crippen molar-refractivity contribution >= 4 is 190 Å². The Morgan fingerprint density at radius 3 is 0.697 bits per heavy atom. The zero-order valence-electron chi connectivity index (χ0n) is 63.3. The molecule has 109 heavy (non-hydrogen) atoms. The average molecular weight is 1690 g/mol. The number of hydrogen-bond donors (Lipinski definition) is 23. The first-order valence-electron chi connectivity index (χ1n) is 38.3. The molecule has 0 fully saturated rings. The van der Waals surface area contributed by atoms with Crippen LogP contribution < -0.4 is 80.2 Å². The lowest BCUT2D eigenvalue weighted by Gasteiger charge is -2.26. The number of nitrogens with one attached hydrogen (secondary N) is 14. The van der Waals surface area contributed by atoms with Gasteiger partial charge in [-0.2, -0.15) is 101 Å². The van der Waals surface area contributed by atoms with Crippen LogP contribution >= 0.6 is 101 Å². The molecular weight excluding hydrogens is 1560 g/mol. The van der Waals surface area contributed by atoms with E-state index in [9.17, 15) is 71.9 Å². The number of thiol groups is 8. The van der Waals surface area contributed by atoms with E-state index in [4.69, 9.17) is 5.73 Å². The molecule has 31 nitrogen and oxygen atoms in total. The summed E-state index contributed by atoms with van der Waals surface area (Å²) in [6.45, 7) is 1.63. The molecule has 0 radical (unpaired) electrons. The first kappa shape index (κ1) is 104. The van der Waals surface area contributed by atoms with Gasteiger partial charge in [0, 0.05) is 123 Å². The zero-order chi connectivity index (χ0) is 81.2. The monoisotopic (exact) mass is 1690 g/mol. The molecule has 0 bridgehead atoms. The van der Waals surface area contributed by atoms with Crippen LogP contribution in [0.4, 0.5) is 0 Å². The first-order valence-corrected chi connectivity index (χ1v) is 43.3. The molecule has 1 unspecified atom stereocenters. The highest BCUT2D eigenvalue weighted by Gasteiger charge is 2.30. The molecule has 0 aromatic heterocycles. The van der Waals surface area contributed by atoms with E-state index in [-0.39, 0.29) is 213 Å². The summed E-state index contributed by atoms with van der Waals surface area (Å²) in [5, 5.41) is 39.3. The third-order valence-electron chi connectivity index (χ3n) is 16.8. The Hall–Kier alpha value is -5.19. The molecule has 0 aliphatic heterocycles. The fraction of sp³-hybridized carbons (Fsp3) is 0.786. The van der Waals surface area contributed by atoms with Gasteiger partial charge in [0.15, 0.2) is 0 Å².